The van der Waals surface area contributed by atoms with Crippen molar-refractivity contribution < 1.29 is 13.2 Å². The van der Waals surface area contributed by atoms with Gasteiger partial charge in [0.05, 0.1) is 5.56 Å². The summed E-state index contributed by atoms with van der Waals surface area (Å²) in [6, 6.07) is 4.83. The van der Waals surface area contributed by atoms with Gasteiger partial charge in [-0.2, -0.15) is 13.2 Å². The fraction of sp³-hybridized carbons (Fsp3) is 0.647. The Balaban J connectivity index is 2.25. The summed E-state index contributed by atoms with van der Waals surface area (Å²) in [5.41, 5.74) is 0.686. The van der Waals surface area contributed by atoms with Crippen LogP contribution in [0.15, 0.2) is 18.2 Å². The Morgan fingerprint density at radius 2 is 2.00 bits per heavy atom. The van der Waals surface area contributed by atoms with E-state index in [0.29, 0.717) is 18.0 Å². The Kier molecular flexibility index (Phi) is 4.97. The van der Waals surface area contributed by atoms with Crippen LogP contribution < -0.4 is 0 Å². The molecule has 0 spiro atoms. The highest BCUT2D eigenvalue weighted by Crippen LogP contribution is 2.35. The van der Waals surface area contributed by atoms with Gasteiger partial charge in [0.1, 0.15) is 0 Å². The van der Waals surface area contributed by atoms with E-state index in [1.807, 2.05) is 19.9 Å². The molecular formula is C17H24F3N. The van der Waals surface area contributed by atoms with Crippen LogP contribution in [-0.4, -0.2) is 18.0 Å². The number of rotatable bonds is 3. The molecule has 1 aromatic carbocycles. The van der Waals surface area contributed by atoms with Gasteiger partial charge >= 0.3 is 6.18 Å². The van der Waals surface area contributed by atoms with Gasteiger partial charge in [0, 0.05) is 13.1 Å². The van der Waals surface area contributed by atoms with Gasteiger partial charge in [-0.25, -0.2) is 0 Å². The van der Waals surface area contributed by atoms with Gasteiger partial charge in [-0.1, -0.05) is 32.9 Å². The minimum atomic E-state index is -4.28. The molecule has 1 atom stereocenters. The molecule has 0 saturated carbocycles. The molecule has 1 heterocycles. The zero-order chi connectivity index (χ0) is 15.6. The monoisotopic (exact) mass is 299 g/mol. The zero-order valence-corrected chi connectivity index (χ0v) is 13.0. The summed E-state index contributed by atoms with van der Waals surface area (Å²) in [6.07, 6.45) is -2.02. The molecule has 118 valence electrons. The summed E-state index contributed by atoms with van der Waals surface area (Å²) in [5, 5.41) is 0. The topological polar surface area (TPSA) is 3.24 Å². The molecule has 1 aromatic rings. The van der Waals surface area contributed by atoms with Crippen LogP contribution in [0, 0.1) is 5.92 Å². The molecule has 1 nitrogen and oxygen atoms in total. The van der Waals surface area contributed by atoms with Crippen LogP contribution in [0.1, 0.15) is 56.2 Å². The first-order chi connectivity index (χ1) is 9.77. The van der Waals surface area contributed by atoms with E-state index >= 15 is 0 Å². The summed E-state index contributed by atoms with van der Waals surface area (Å²) in [6.45, 7) is 8.19. The molecule has 0 bridgehead atoms. The standard InChI is InChI=1S/C17H24F3N/c1-12(2)14-6-7-15(16(9-14)17(18,19)20)11-21-8-4-5-13(3)10-21/h6-7,9,12-13H,4-5,8,10-11H2,1-3H3. The molecule has 2 rings (SSSR count). The van der Waals surface area contributed by atoms with Crippen LogP contribution in [0.25, 0.3) is 0 Å². The highest BCUT2D eigenvalue weighted by atomic mass is 19.4. The molecule has 1 aliphatic heterocycles. The van der Waals surface area contributed by atoms with E-state index in [9.17, 15) is 13.2 Å². The summed E-state index contributed by atoms with van der Waals surface area (Å²) in [5.74, 6) is 0.679. The maximum absolute atomic E-state index is 13.3. The molecule has 1 aliphatic rings. The Bertz CT molecular complexity index is 479. The van der Waals surface area contributed by atoms with Crippen molar-refractivity contribution in [2.75, 3.05) is 13.1 Å². The van der Waals surface area contributed by atoms with E-state index in [4.69, 9.17) is 0 Å². The lowest BCUT2D eigenvalue weighted by atomic mass is 9.95. The SMILES string of the molecule is CC1CCCN(Cc2ccc(C(C)C)cc2C(F)(F)F)C1. The van der Waals surface area contributed by atoms with Crippen LogP contribution in [0.2, 0.25) is 0 Å². The van der Waals surface area contributed by atoms with Crippen LogP contribution in [-0.2, 0) is 12.7 Å². The lowest BCUT2D eigenvalue weighted by Crippen LogP contribution is -2.34. The molecule has 0 amide bonds. The van der Waals surface area contributed by atoms with Gasteiger partial charge in [0.15, 0.2) is 0 Å². The van der Waals surface area contributed by atoms with Gasteiger partial charge in [-0.05, 0) is 48.4 Å². The van der Waals surface area contributed by atoms with Crippen molar-refractivity contribution in [2.24, 2.45) is 5.92 Å². The number of piperidine rings is 1. The minimum absolute atomic E-state index is 0.107. The fourth-order valence-electron chi connectivity index (χ4n) is 3.03. The number of likely N-dealkylation sites (tertiary alicyclic amines) is 1. The third-order valence-corrected chi connectivity index (χ3v) is 4.24. The predicted molar refractivity (Wildman–Crippen MR) is 79.2 cm³/mol. The highest BCUT2D eigenvalue weighted by molar-refractivity contribution is 5.35. The number of alkyl halides is 3. The Morgan fingerprint density at radius 1 is 1.29 bits per heavy atom. The van der Waals surface area contributed by atoms with Crippen molar-refractivity contribution in [2.45, 2.75) is 52.3 Å². The van der Waals surface area contributed by atoms with Crippen LogP contribution in [0.4, 0.5) is 13.2 Å². The number of hydrogen-bond acceptors (Lipinski definition) is 1. The zero-order valence-electron chi connectivity index (χ0n) is 13.0. The number of halogens is 3. The number of hydrogen-bond donors (Lipinski definition) is 0. The van der Waals surface area contributed by atoms with Crippen molar-refractivity contribution in [1.82, 2.24) is 4.90 Å². The molecule has 0 aromatic heterocycles. The summed E-state index contributed by atoms with van der Waals surface area (Å²) in [4.78, 5) is 2.15. The summed E-state index contributed by atoms with van der Waals surface area (Å²) >= 11 is 0. The quantitative estimate of drug-likeness (QED) is 0.754. The van der Waals surface area contributed by atoms with E-state index in [-0.39, 0.29) is 5.92 Å². The second-order valence-corrected chi connectivity index (χ2v) is 6.55. The summed E-state index contributed by atoms with van der Waals surface area (Å²) < 4.78 is 39.9. The predicted octanol–water partition coefficient (Wildman–Crippen LogP) is 5.06. The third-order valence-electron chi connectivity index (χ3n) is 4.24. The highest BCUT2D eigenvalue weighted by Gasteiger charge is 2.34. The third kappa shape index (κ3) is 4.22. The average Bonchev–Trinajstić information content (AvgIpc) is 2.37. The average molecular weight is 299 g/mol. The molecule has 21 heavy (non-hydrogen) atoms. The van der Waals surface area contributed by atoms with Gasteiger partial charge < -0.3 is 0 Å². The van der Waals surface area contributed by atoms with Crippen molar-refractivity contribution in [1.29, 1.82) is 0 Å². The van der Waals surface area contributed by atoms with Crippen LogP contribution in [0.3, 0.4) is 0 Å². The van der Waals surface area contributed by atoms with E-state index in [2.05, 4.69) is 11.8 Å². The van der Waals surface area contributed by atoms with Crippen LogP contribution >= 0.6 is 0 Å². The van der Waals surface area contributed by atoms with Crippen LogP contribution in [0.5, 0.6) is 0 Å². The first-order valence-electron chi connectivity index (χ1n) is 7.69. The van der Waals surface area contributed by atoms with Gasteiger partial charge in [-0.3, -0.25) is 4.90 Å². The second-order valence-electron chi connectivity index (χ2n) is 6.55. The largest absolute Gasteiger partial charge is 0.416 e. The minimum Gasteiger partial charge on any atom is -0.299 e. The van der Waals surface area contributed by atoms with Crippen molar-refractivity contribution >= 4 is 0 Å². The Labute approximate surface area is 125 Å². The first kappa shape index (κ1) is 16.3. The molecule has 0 aliphatic carbocycles. The van der Waals surface area contributed by atoms with E-state index in [0.717, 1.165) is 25.1 Å². The normalized spacial score (nSPS) is 21.0. The van der Waals surface area contributed by atoms with Gasteiger partial charge in [0.25, 0.3) is 0 Å². The number of benzene rings is 1. The van der Waals surface area contributed by atoms with Gasteiger partial charge in [0.2, 0.25) is 0 Å². The molecule has 0 N–H and O–H groups in total. The van der Waals surface area contributed by atoms with Crippen molar-refractivity contribution in [3.63, 3.8) is 0 Å². The Morgan fingerprint density at radius 3 is 2.57 bits per heavy atom. The van der Waals surface area contributed by atoms with E-state index in [1.165, 1.54) is 12.5 Å². The molecule has 1 fully saturated rings. The molecule has 1 saturated heterocycles. The van der Waals surface area contributed by atoms with Crippen molar-refractivity contribution in [3.8, 4) is 0 Å². The molecular weight excluding hydrogens is 275 g/mol. The fourth-order valence-corrected chi connectivity index (χ4v) is 3.03. The lowest BCUT2D eigenvalue weighted by Gasteiger charge is -2.31. The number of nitrogens with zero attached hydrogens (tertiary/aromatic N) is 1. The lowest BCUT2D eigenvalue weighted by molar-refractivity contribution is -0.138. The molecule has 4 heteroatoms. The summed E-state index contributed by atoms with van der Waals surface area (Å²) in [7, 11) is 0. The maximum atomic E-state index is 13.3. The molecule has 1 unspecified atom stereocenters. The first-order valence-corrected chi connectivity index (χ1v) is 7.69. The van der Waals surface area contributed by atoms with Gasteiger partial charge in [-0.15, -0.1) is 0 Å². The maximum Gasteiger partial charge on any atom is 0.416 e. The van der Waals surface area contributed by atoms with E-state index < -0.39 is 11.7 Å². The smallest absolute Gasteiger partial charge is 0.299 e. The van der Waals surface area contributed by atoms with Crippen molar-refractivity contribution in [3.05, 3.63) is 34.9 Å². The van der Waals surface area contributed by atoms with E-state index in [1.54, 1.807) is 6.07 Å². The Hall–Kier alpha value is -1.03. The molecule has 0 radical (unpaired) electrons. The second kappa shape index (κ2) is 6.39.